The van der Waals surface area contributed by atoms with Crippen LogP contribution in [0.3, 0.4) is 0 Å². The maximum absolute atomic E-state index is 3.56. The lowest BCUT2D eigenvalue weighted by molar-refractivity contribution is 0.250. The van der Waals surface area contributed by atoms with Gasteiger partial charge in [-0.15, -0.1) is 0 Å². The molecule has 0 aromatic heterocycles. The van der Waals surface area contributed by atoms with E-state index in [1.165, 1.54) is 37.4 Å². The molecule has 0 bridgehead atoms. The summed E-state index contributed by atoms with van der Waals surface area (Å²) in [5.74, 6) is 2.90. The molecule has 1 fully saturated rings. The second-order valence-corrected chi connectivity index (χ2v) is 5.28. The molecule has 0 aromatic rings. The minimum absolute atomic E-state index is 0.875. The van der Waals surface area contributed by atoms with Crippen molar-refractivity contribution in [1.82, 2.24) is 0 Å². The van der Waals surface area contributed by atoms with Gasteiger partial charge in [-0.05, 0) is 30.6 Å². The Morgan fingerprint density at radius 1 is 1.42 bits per heavy atom. The molecule has 0 nitrogen and oxygen atoms in total. The fourth-order valence-electron chi connectivity index (χ4n) is 2.41. The van der Waals surface area contributed by atoms with Crippen molar-refractivity contribution in [2.45, 2.75) is 46.0 Å². The molecule has 1 aliphatic rings. The van der Waals surface area contributed by atoms with Crippen LogP contribution in [-0.2, 0) is 0 Å². The SMILES string of the molecule is CC(CBr)CC1CCCC(C)C1. The van der Waals surface area contributed by atoms with Crippen molar-refractivity contribution in [3.05, 3.63) is 0 Å². The average molecular weight is 233 g/mol. The van der Waals surface area contributed by atoms with E-state index >= 15 is 0 Å². The van der Waals surface area contributed by atoms with Gasteiger partial charge in [0.05, 0.1) is 0 Å². The van der Waals surface area contributed by atoms with Crippen molar-refractivity contribution in [2.24, 2.45) is 17.8 Å². The molecule has 0 radical (unpaired) electrons. The first kappa shape index (κ1) is 10.6. The topological polar surface area (TPSA) is 0 Å². The zero-order valence-corrected chi connectivity index (χ0v) is 9.94. The first-order chi connectivity index (χ1) is 5.72. The van der Waals surface area contributed by atoms with Gasteiger partial charge in [-0.3, -0.25) is 0 Å². The minimum atomic E-state index is 0.875. The van der Waals surface area contributed by atoms with Crippen molar-refractivity contribution in [3.63, 3.8) is 0 Å². The highest BCUT2D eigenvalue weighted by Gasteiger charge is 2.20. The van der Waals surface area contributed by atoms with Gasteiger partial charge in [0.25, 0.3) is 0 Å². The summed E-state index contributed by atoms with van der Waals surface area (Å²) >= 11 is 3.56. The number of rotatable bonds is 3. The highest BCUT2D eigenvalue weighted by molar-refractivity contribution is 9.09. The monoisotopic (exact) mass is 232 g/mol. The quantitative estimate of drug-likeness (QED) is 0.640. The summed E-state index contributed by atoms with van der Waals surface area (Å²) in [5.41, 5.74) is 0. The summed E-state index contributed by atoms with van der Waals surface area (Å²) in [4.78, 5) is 0. The Balaban J connectivity index is 2.22. The zero-order valence-electron chi connectivity index (χ0n) is 8.35. The Kier molecular flexibility index (Phi) is 4.63. The third kappa shape index (κ3) is 3.47. The molecule has 72 valence electrons. The van der Waals surface area contributed by atoms with E-state index in [4.69, 9.17) is 0 Å². The smallest absolute Gasteiger partial charge is 0.00571 e. The van der Waals surface area contributed by atoms with Gasteiger partial charge in [-0.25, -0.2) is 0 Å². The predicted octanol–water partition coefficient (Wildman–Crippen LogP) is 4.23. The third-order valence-corrected chi connectivity index (χ3v) is 4.15. The molecule has 1 aliphatic carbocycles. The van der Waals surface area contributed by atoms with Crippen LogP contribution in [0.15, 0.2) is 0 Å². The Bertz CT molecular complexity index is 122. The van der Waals surface area contributed by atoms with Crippen LogP contribution in [-0.4, -0.2) is 5.33 Å². The third-order valence-electron chi connectivity index (χ3n) is 3.04. The summed E-state index contributed by atoms with van der Waals surface area (Å²) in [6, 6.07) is 0. The number of alkyl halides is 1. The first-order valence-corrected chi connectivity index (χ1v) is 6.40. The standard InChI is InChI=1S/C11H21Br/c1-9-4-3-5-11(6-9)7-10(2)8-12/h9-11H,3-8H2,1-2H3. The molecular weight excluding hydrogens is 212 g/mol. The molecular formula is C11H21Br. The summed E-state index contributed by atoms with van der Waals surface area (Å²) in [6.45, 7) is 4.76. The normalized spacial score (nSPS) is 33.2. The van der Waals surface area contributed by atoms with E-state index in [-0.39, 0.29) is 0 Å². The Morgan fingerprint density at radius 3 is 2.75 bits per heavy atom. The Labute approximate surface area is 85.3 Å². The summed E-state index contributed by atoms with van der Waals surface area (Å²) < 4.78 is 0. The fraction of sp³-hybridized carbons (Fsp3) is 1.00. The van der Waals surface area contributed by atoms with E-state index in [1.807, 2.05) is 0 Å². The molecule has 0 amide bonds. The molecule has 12 heavy (non-hydrogen) atoms. The molecule has 3 unspecified atom stereocenters. The van der Waals surface area contributed by atoms with E-state index in [9.17, 15) is 0 Å². The lowest BCUT2D eigenvalue weighted by Crippen LogP contribution is -2.16. The van der Waals surface area contributed by atoms with Crippen LogP contribution in [0.5, 0.6) is 0 Å². The molecule has 0 spiro atoms. The highest BCUT2D eigenvalue weighted by atomic mass is 79.9. The van der Waals surface area contributed by atoms with Crippen LogP contribution in [0.2, 0.25) is 0 Å². The van der Waals surface area contributed by atoms with Gasteiger partial charge >= 0.3 is 0 Å². The fourth-order valence-corrected chi connectivity index (χ4v) is 2.67. The van der Waals surface area contributed by atoms with Gasteiger partial charge in [-0.1, -0.05) is 49.0 Å². The lowest BCUT2D eigenvalue weighted by atomic mass is 9.79. The van der Waals surface area contributed by atoms with Crippen molar-refractivity contribution >= 4 is 15.9 Å². The Morgan fingerprint density at radius 2 is 2.17 bits per heavy atom. The van der Waals surface area contributed by atoms with Crippen LogP contribution >= 0.6 is 15.9 Å². The van der Waals surface area contributed by atoms with Crippen LogP contribution in [0, 0.1) is 17.8 Å². The molecule has 1 saturated carbocycles. The van der Waals surface area contributed by atoms with Gasteiger partial charge in [0.2, 0.25) is 0 Å². The maximum Gasteiger partial charge on any atom is 0.00571 e. The highest BCUT2D eigenvalue weighted by Crippen LogP contribution is 2.32. The second-order valence-electron chi connectivity index (χ2n) is 4.63. The summed E-state index contributed by atoms with van der Waals surface area (Å²) in [7, 11) is 0. The Hall–Kier alpha value is 0.480. The van der Waals surface area contributed by atoms with Gasteiger partial charge < -0.3 is 0 Å². The van der Waals surface area contributed by atoms with E-state index < -0.39 is 0 Å². The largest absolute Gasteiger partial charge is 0.0925 e. The van der Waals surface area contributed by atoms with Crippen molar-refractivity contribution in [2.75, 3.05) is 5.33 Å². The second kappa shape index (κ2) is 5.26. The van der Waals surface area contributed by atoms with Gasteiger partial charge in [-0.2, -0.15) is 0 Å². The van der Waals surface area contributed by atoms with Gasteiger partial charge in [0.15, 0.2) is 0 Å². The molecule has 0 heterocycles. The van der Waals surface area contributed by atoms with E-state index in [0.717, 1.165) is 17.8 Å². The molecule has 0 aliphatic heterocycles. The maximum atomic E-state index is 3.56. The van der Waals surface area contributed by atoms with Crippen LogP contribution in [0.1, 0.15) is 46.0 Å². The van der Waals surface area contributed by atoms with Crippen molar-refractivity contribution < 1.29 is 0 Å². The molecule has 0 saturated heterocycles. The molecule has 3 atom stereocenters. The lowest BCUT2D eigenvalue weighted by Gasteiger charge is -2.28. The van der Waals surface area contributed by atoms with E-state index in [0.29, 0.717) is 0 Å². The predicted molar refractivity (Wildman–Crippen MR) is 58.7 cm³/mol. The zero-order chi connectivity index (χ0) is 8.97. The number of halogens is 1. The van der Waals surface area contributed by atoms with Crippen molar-refractivity contribution in [3.8, 4) is 0 Å². The van der Waals surface area contributed by atoms with Crippen LogP contribution in [0.4, 0.5) is 0 Å². The summed E-state index contributed by atoms with van der Waals surface area (Å²) in [6.07, 6.45) is 7.36. The van der Waals surface area contributed by atoms with E-state index in [2.05, 4.69) is 29.8 Å². The van der Waals surface area contributed by atoms with Crippen LogP contribution in [0.25, 0.3) is 0 Å². The van der Waals surface area contributed by atoms with Crippen LogP contribution < -0.4 is 0 Å². The minimum Gasteiger partial charge on any atom is -0.0925 e. The summed E-state index contributed by atoms with van der Waals surface area (Å²) in [5, 5.41) is 1.18. The first-order valence-electron chi connectivity index (χ1n) is 5.28. The van der Waals surface area contributed by atoms with E-state index in [1.54, 1.807) is 0 Å². The number of hydrogen-bond acceptors (Lipinski definition) is 0. The van der Waals surface area contributed by atoms with Gasteiger partial charge in [0, 0.05) is 5.33 Å². The molecule has 1 rings (SSSR count). The average Bonchev–Trinajstić information content (AvgIpc) is 2.04. The van der Waals surface area contributed by atoms with Crippen molar-refractivity contribution in [1.29, 1.82) is 0 Å². The molecule has 0 N–H and O–H groups in total. The molecule has 0 aromatic carbocycles. The number of hydrogen-bond donors (Lipinski definition) is 0. The molecule has 1 heteroatoms. The van der Waals surface area contributed by atoms with Gasteiger partial charge in [0.1, 0.15) is 0 Å².